The summed E-state index contributed by atoms with van der Waals surface area (Å²) in [4.78, 5) is 11.6. The van der Waals surface area contributed by atoms with Crippen LogP contribution in [-0.4, -0.2) is 42.4 Å². The topological polar surface area (TPSA) is 47.5 Å². The molecular weight excluding hydrogens is 278 g/mol. The third-order valence-corrected chi connectivity index (χ3v) is 3.98. The highest BCUT2D eigenvalue weighted by Crippen LogP contribution is 2.26. The molecule has 0 aromatic carbocycles. The van der Waals surface area contributed by atoms with Gasteiger partial charge in [-0.15, -0.1) is 0 Å². The second-order valence-electron chi connectivity index (χ2n) is 6.27. The molecule has 5 nitrogen and oxygen atoms in total. The lowest BCUT2D eigenvalue weighted by molar-refractivity contribution is 0.0717. The lowest BCUT2D eigenvalue weighted by Crippen LogP contribution is -2.41. The largest absolute Gasteiger partial charge is 0.379 e. The van der Waals surface area contributed by atoms with E-state index in [1.165, 1.54) is 19.3 Å². The summed E-state index contributed by atoms with van der Waals surface area (Å²) in [6.45, 7) is 8.53. The molecule has 1 atom stereocenters. The fourth-order valence-electron chi connectivity index (χ4n) is 3.00. The zero-order valence-corrected chi connectivity index (χ0v) is 14.3. The number of aromatic nitrogens is 2. The molecule has 124 valence electrons. The van der Waals surface area contributed by atoms with Crippen molar-refractivity contribution in [2.75, 3.05) is 25.2 Å². The summed E-state index contributed by atoms with van der Waals surface area (Å²) in [6.07, 6.45) is 5.08. The van der Waals surface area contributed by atoms with Crippen molar-refractivity contribution >= 4 is 5.82 Å². The van der Waals surface area contributed by atoms with E-state index in [9.17, 15) is 0 Å². The molecule has 2 rings (SSSR count). The maximum Gasteiger partial charge on any atom is 0.156 e. The van der Waals surface area contributed by atoms with Crippen LogP contribution in [0.2, 0.25) is 0 Å². The minimum Gasteiger partial charge on any atom is -0.379 e. The first kappa shape index (κ1) is 17.2. The van der Waals surface area contributed by atoms with Crippen molar-refractivity contribution in [1.82, 2.24) is 9.97 Å². The molecule has 0 spiro atoms. The van der Waals surface area contributed by atoms with E-state index in [4.69, 9.17) is 9.47 Å². The highest BCUT2D eigenvalue weighted by Gasteiger charge is 2.24. The number of hydrogen-bond acceptors (Lipinski definition) is 5. The minimum absolute atomic E-state index is 0.298. The number of aryl methyl sites for hydroxylation is 1. The molecule has 1 aromatic heterocycles. The van der Waals surface area contributed by atoms with E-state index in [0.717, 1.165) is 36.9 Å². The number of ether oxygens (including phenoxy) is 2. The number of anilines is 1. The van der Waals surface area contributed by atoms with Crippen LogP contribution >= 0.6 is 0 Å². The van der Waals surface area contributed by atoms with Crippen molar-refractivity contribution in [2.24, 2.45) is 0 Å². The summed E-state index contributed by atoms with van der Waals surface area (Å²) >= 11 is 0. The van der Waals surface area contributed by atoms with Gasteiger partial charge in [0.05, 0.1) is 6.10 Å². The van der Waals surface area contributed by atoms with Gasteiger partial charge in [-0.1, -0.05) is 0 Å². The van der Waals surface area contributed by atoms with Crippen LogP contribution in [0.1, 0.15) is 51.0 Å². The smallest absolute Gasteiger partial charge is 0.156 e. The number of rotatable bonds is 7. The van der Waals surface area contributed by atoms with E-state index in [2.05, 4.69) is 34.8 Å². The molecular formula is C17H29N3O2. The molecule has 1 aliphatic rings. The molecule has 0 saturated carbocycles. The Hall–Kier alpha value is -1.20. The first-order valence-corrected chi connectivity index (χ1v) is 8.32. The second-order valence-corrected chi connectivity index (χ2v) is 6.27. The van der Waals surface area contributed by atoms with E-state index < -0.39 is 0 Å². The summed E-state index contributed by atoms with van der Waals surface area (Å²) in [5.74, 6) is 1.80. The Kier molecular flexibility index (Phi) is 6.58. The van der Waals surface area contributed by atoms with E-state index in [0.29, 0.717) is 18.8 Å². The van der Waals surface area contributed by atoms with Crippen molar-refractivity contribution < 1.29 is 9.47 Å². The summed E-state index contributed by atoms with van der Waals surface area (Å²) in [6, 6.07) is 2.60. The molecule has 1 saturated heterocycles. The van der Waals surface area contributed by atoms with Crippen LogP contribution in [0, 0.1) is 6.92 Å². The highest BCUT2D eigenvalue weighted by atomic mass is 16.5. The average molecular weight is 307 g/mol. The molecule has 0 bridgehead atoms. The summed E-state index contributed by atoms with van der Waals surface area (Å²) in [7, 11) is 1.68. The summed E-state index contributed by atoms with van der Waals surface area (Å²) < 4.78 is 10.9. The Morgan fingerprint density at radius 1 is 1.32 bits per heavy atom. The molecule has 0 aliphatic carbocycles. The van der Waals surface area contributed by atoms with E-state index >= 15 is 0 Å². The highest BCUT2D eigenvalue weighted by molar-refractivity contribution is 5.41. The lowest BCUT2D eigenvalue weighted by Gasteiger charge is -2.37. The van der Waals surface area contributed by atoms with Gasteiger partial charge in [-0.2, -0.15) is 0 Å². The normalized spacial score (nSPS) is 19.0. The Bertz CT molecular complexity index is 465. The number of methoxy groups -OCH3 is 1. The molecule has 0 amide bonds. The number of nitrogens with zero attached hydrogens (tertiary/aromatic N) is 3. The first-order valence-electron chi connectivity index (χ1n) is 8.32. The minimum atomic E-state index is 0.298. The van der Waals surface area contributed by atoms with Gasteiger partial charge in [0.1, 0.15) is 12.4 Å². The predicted molar refractivity (Wildman–Crippen MR) is 88.2 cm³/mol. The van der Waals surface area contributed by atoms with Gasteiger partial charge in [-0.3, -0.25) is 0 Å². The third-order valence-electron chi connectivity index (χ3n) is 3.98. The van der Waals surface area contributed by atoms with Gasteiger partial charge in [0.15, 0.2) is 5.82 Å². The van der Waals surface area contributed by atoms with Gasteiger partial charge in [0, 0.05) is 38.1 Å². The van der Waals surface area contributed by atoms with Crippen LogP contribution < -0.4 is 4.90 Å². The van der Waals surface area contributed by atoms with Gasteiger partial charge in [0.25, 0.3) is 0 Å². The van der Waals surface area contributed by atoms with Crippen molar-refractivity contribution in [1.29, 1.82) is 0 Å². The SMILES string of the molecule is COCc1nc(C)cc(N2CCCC[C@H]2CCOC(C)C)n1. The molecule has 5 heteroatoms. The van der Waals surface area contributed by atoms with E-state index in [1.807, 2.05) is 6.92 Å². The van der Waals surface area contributed by atoms with Crippen LogP contribution in [0.15, 0.2) is 6.07 Å². The maximum absolute atomic E-state index is 5.74. The molecule has 1 aliphatic heterocycles. The molecule has 2 heterocycles. The fraction of sp³-hybridized carbons (Fsp3) is 0.765. The zero-order chi connectivity index (χ0) is 15.9. The van der Waals surface area contributed by atoms with Gasteiger partial charge in [-0.05, 0) is 46.5 Å². The molecule has 1 aromatic rings. The summed E-state index contributed by atoms with van der Waals surface area (Å²) in [5.41, 5.74) is 1.000. The van der Waals surface area contributed by atoms with Gasteiger partial charge >= 0.3 is 0 Å². The van der Waals surface area contributed by atoms with Crippen molar-refractivity contribution in [3.63, 3.8) is 0 Å². The van der Waals surface area contributed by atoms with Crippen LogP contribution in [0.5, 0.6) is 0 Å². The lowest BCUT2D eigenvalue weighted by atomic mass is 9.99. The predicted octanol–water partition coefficient (Wildman–Crippen LogP) is 3.11. The molecule has 0 N–H and O–H groups in total. The van der Waals surface area contributed by atoms with Crippen molar-refractivity contribution in [3.8, 4) is 0 Å². The monoisotopic (exact) mass is 307 g/mol. The second kappa shape index (κ2) is 8.44. The Morgan fingerprint density at radius 3 is 2.86 bits per heavy atom. The van der Waals surface area contributed by atoms with Crippen LogP contribution in [0.3, 0.4) is 0 Å². The van der Waals surface area contributed by atoms with Crippen LogP contribution in [0.25, 0.3) is 0 Å². The van der Waals surface area contributed by atoms with Gasteiger partial charge < -0.3 is 14.4 Å². The maximum atomic E-state index is 5.74. The molecule has 22 heavy (non-hydrogen) atoms. The van der Waals surface area contributed by atoms with Crippen LogP contribution in [0.4, 0.5) is 5.82 Å². The molecule has 0 radical (unpaired) electrons. The fourth-order valence-corrected chi connectivity index (χ4v) is 3.00. The number of piperidine rings is 1. The Labute approximate surface area is 134 Å². The van der Waals surface area contributed by atoms with Crippen molar-refractivity contribution in [2.45, 2.75) is 65.2 Å². The van der Waals surface area contributed by atoms with Crippen molar-refractivity contribution in [3.05, 3.63) is 17.6 Å². The third kappa shape index (κ3) is 4.92. The molecule has 0 unspecified atom stereocenters. The molecule has 1 fully saturated rings. The van der Waals surface area contributed by atoms with Gasteiger partial charge in [-0.25, -0.2) is 9.97 Å². The standard InChI is InChI=1S/C17H29N3O2/c1-13(2)22-10-8-15-7-5-6-9-20(15)17-11-14(3)18-16(19-17)12-21-4/h11,13,15H,5-10,12H2,1-4H3/t15-/m0/s1. The van der Waals surface area contributed by atoms with Crippen LogP contribution in [-0.2, 0) is 16.1 Å². The van der Waals surface area contributed by atoms with E-state index in [-0.39, 0.29) is 0 Å². The Morgan fingerprint density at radius 2 is 2.14 bits per heavy atom. The average Bonchev–Trinajstić information content (AvgIpc) is 2.47. The Balaban J connectivity index is 2.09. The zero-order valence-electron chi connectivity index (χ0n) is 14.3. The number of hydrogen-bond donors (Lipinski definition) is 0. The first-order chi connectivity index (χ1) is 10.6. The quantitative estimate of drug-likeness (QED) is 0.774. The van der Waals surface area contributed by atoms with E-state index in [1.54, 1.807) is 7.11 Å². The summed E-state index contributed by atoms with van der Waals surface area (Å²) in [5, 5.41) is 0. The van der Waals surface area contributed by atoms with Gasteiger partial charge in [0.2, 0.25) is 0 Å².